The SMILES string of the molecule is COC1=CCC(C)C(C(=O)N[C@@H](CC2CC2)C(=O)NC(Cc2ccccc2)C(=O)C(=O)NC2CC2)=C1. The zero-order valence-electron chi connectivity index (χ0n) is 20.9. The first kappa shape index (κ1) is 25.7. The fraction of sp³-hybridized carbons (Fsp3) is 0.500. The summed E-state index contributed by atoms with van der Waals surface area (Å²) in [6.07, 6.45) is 8.73. The largest absolute Gasteiger partial charge is 0.497 e. The molecule has 1 aromatic rings. The molecule has 0 aromatic heterocycles. The molecule has 3 atom stereocenters. The molecule has 4 rings (SSSR count). The molecule has 3 aliphatic rings. The molecule has 3 aliphatic carbocycles. The summed E-state index contributed by atoms with van der Waals surface area (Å²) in [5.41, 5.74) is 1.39. The van der Waals surface area contributed by atoms with E-state index in [0.29, 0.717) is 30.1 Å². The summed E-state index contributed by atoms with van der Waals surface area (Å²) in [4.78, 5) is 52.2. The number of ether oxygens (including phenoxy) is 1. The summed E-state index contributed by atoms with van der Waals surface area (Å²) in [6.45, 7) is 1.96. The molecule has 0 aliphatic heterocycles. The van der Waals surface area contributed by atoms with Crippen LogP contribution in [0.1, 0.15) is 51.0 Å². The Kier molecular flexibility index (Phi) is 8.23. The zero-order valence-corrected chi connectivity index (χ0v) is 20.9. The Balaban J connectivity index is 1.48. The molecule has 2 fully saturated rings. The lowest BCUT2D eigenvalue weighted by Gasteiger charge is -2.25. The number of benzene rings is 1. The Morgan fingerprint density at radius 3 is 2.36 bits per heavy atom. The zero-order chi connectivity index (χ0) is 25.7. The molecule has 8 heteroatoms. The van der Waals surface area contributed by atoms with Crippen molar-refractivity contribution in [2.24, 2.45) is 11.8 Å². The minimum atomic E-state index is -1.02. The fourth-order valence-corrected chi connectivity index (χ4v) is 4.34. The van der Waals surface area contributed by atoms with E-state index in [1.165, 1.54) is 0 Å². The number of hydrogen-bond acceptors (Lipinski definition) is 5. The number of Topliss-reactive ketones (excluding diaryl/α,β-unsaturated/α-hetero) is 1. The summed E-state index contributed by atoms with van der Waals surface area (Å²) in [6, 6.07) is 7.49. The van der Waals surface area contributed by atoms with Crippen LogP contribution >= 0.6 is 0 Å². The van der Waals surface area contributed by atoms with Gasteiger partial charge in [-0.1, -0.05) is 50.1 Å². The molecule has 3 N–H and O–H groups in total. The molecule has 0 bridgehead atoms. The van der Waals surface area contributed by atoms with E-state index in [0.717, 1.165) is 31.2 Å². The van der Waals surface area contributed by atoms with Gasteiger partial charge in [-0.3, -0.25) is 19.2 Å². The van der Waals surface area contributed by atoms with Crippen LogP contribution in [0.3, 0.4) is 0 Å². The van der Waals surface area contributed by atoms with Crippen molar-refractivity contribution in [1.29, 1.82) is 0 Å². The molecule has 0 heterocycles. The van der Waals surface area contributed by atoms with Crippen molar-refractivity contribution in [2.75, 3.05) is 7.11 Å². The quantitative estimate of drug-likeness (QED) is 0.387. The molecule has 2 unspecified atom stereocenters. The van der Waals surface area contributed by atoms with Crippen molar-refractivity contribution in [2.45, 2.75) is 70.0 Å². The minimum absolute atomic E-state index is 0.00735. The van der Waals surface area contributed by atoms with E-state index in [4.69, 9.17) is 4.74 Å². The first-order chi connectivity index (χ1) is 17.3. The highest BCUT2D eigenvalue weighted by atomic mass is 16.5. The van der Waals surface area contributed by atoms with Gasteiger partial charge >= 0.3 is 0 Å². The van der Waals surface area contributed by atoms with Crippen molar-refractivity contribution >= 4 is 23.5 Å². The Labute approximate surface area is 211 Å². The van der Waals surface area contributed by atoms with Crippen molar-refractivity contribution in [3.05, 3.63) is 59.4 Å². The first-order valence-corrected chi connectivity index (χ1v) is 12.8. The lowest BCUT2D eigenvalue weighted by molar-refractivity contribution is -0.140. The number of ketones is 1. The third-order valence-electron chi connectivity index (χ3n) is 6.94. The number of nitrogens with one attached hydrogen (secondary N) is 3. The predicted molar refractivity (Wildman–Crippen MR) is 134 cm³/mol. The molecule has 8 nitrogen and oxygen atoms in total. The molecule has 0 saturated heterocycles. The normalized spacial score (nSPS) is 20.8. The maximum absolute atomic E-state index is 13.4. The van der Waals surface area contributed by atoms with E-state index in [-0.39, 0.29) is 24.3 Å². The second-order valence-electron chi connectivity index (χ2n) is 10.1. The highest BCUT2D eigenvalue weighted by Gasteiger charge is 2.36. The van der Waals surface area contributed by atoms with Crippen LogP contribution in [0.4, 0.5) is 0 Å². The number of carbonyl (C=O) groups is 4. The number of hydrogen-bond donors (Lipinski definition) is 3. The maximum Gasteiger partial charge on any atom is 0.289 e. The van der Waals surface area contributed by atoms with E-state index in [1.54, 1.807) is 13.2 Å². The monoisotopic (exact) mass is 493 g/mol. The third kappa shape index (κ3) is 7.06. The van der Waals surface area contributed by atoms with Crippen molar-refractivity contribution < 1.29 is 23.9 Å². The molecule has 36 heavy (non-hydrogen) atoms. The first-order valence-electron chi connectivity index (χ1n) is 12.8. The van der Waals surface area contributed by atoms with Crippen LogP contribution in [0.15, 0.2) is 53.8 Å². The van der Waals surface area contributed by atoms with Gasteiger partial charge in [-0.15, -0.1) is 0 Å². The van der Waals surface area contributed by atoms with E-state index < -0.39 is 29.7 Å². The van der Waals surface area contributed by atoms with Crippen molar-refractivity contribution in [3.8, 4) is 0 Å². The summed E-state index contributed by atoms with van der Waals surface area (Å²) in [7, 11) is 1.56. The summed E-state index contributed by atoms with van der Waals surface area (Å²) >= 11 is 0. The van der Waals surface area contributed by atoms with Crippen LogP contribution in [-0.4, -0.2) is 48.7 Å². The third-order valence-corrected chi connectivity index (χ3v) is 6.94. The van der Waals surface area contributed by atoms with Crippen LogP contribution < -0.4 is 16.0 Å². The second-order valence-corrected chi connectivity index (χ2v) is 10.1. The van der Waals surface area contributed by atoms with Gasteiger partial charge in [0.25, 0.3) is 5.91 Å². The van der Waals surface area contributed by atoms with Crippen molar-refractivity contribution in [3.63, 3.8) is 0 Å². The molecule has 1 aromatic carbocycles. The Bertz CT molecular complexity index is 1060. The predicted octanol–water partition coefficient (Wildman–Crippen LogP) is 2.34. The standard InChI is InChI=1S/C28H35N3O5/c1-17-8-13-21(36-2)16-22(17)26(33)31-24(15-19-9-10-19)27(34)30-23(14-18-6-4-3-5-7-18)25(32)28(35)29-20-11-12-20/h3-7,13,16-17,19-20,23-24H,8-12,14-15H2,1-2H3,(H,29,35)(H,30,34)(H,31,33)/t17?,23?,24-/m0/s1. The minimum Gasteiger partial charge on any atom is -0.497 e. The molecule has 0 radical (unpaired) electrons. The smallest absolute Gasteiger partial charge is 0.289 e. The van der Waals surface area contributed by atoms with Crippen LogP contribution in [0, 0.1) is 11.8 Å². The topological polar surface area (TPSA) is 114 Å². The van der Waals surface area contributed by atoms with Crippen LogP contribution in [-0.2, 0) is 30.3 Å². The molecule has 3 amide bonds. The molecule has 192 valence electrons. The van der Waals surface area contributed by atoms with Crippen molar-refractivity contribution in [1.82, 2.24) is 16.0 Å². The average Bonchev–Trinajstić information content (AvgIpc) is 3.81. The van der Waals surface area contributed by atoms with E-state index in [1.807, 2.05) is 43.3 Å². The Morgan fingerprint density at radius 2 is 1.72 bits per heavy atom. The van der Waals surface area contributed by atoms with Gasteiger partial charge < -0.3 is 20.7 Å². The van der Waals surface area contributed by atoms with E-state index in [9.17, 15) is 19.2 Å². The maximum atomic E-state index is 13.4. The summed E-state index contributed by atoms with van der Waals surface area (Å²) in [5, 5.41) is 8.41. The highest BCUT2D eigenvalue weighted by Crippen LogP contribution is 2.34. The lowest BCUT2D eigenvalue weighted by Crippen LogP contribution is -2.55. The number of methoxy groups -OCH3 is 1. The van der Waals surface area contributed by atoms with Gasteiger partial charge in [0.1, 0.15) is 17.8 Å². The lowest BCUT2D eigenvalue weighted by atomic mass is 9.91. The van der Waals surface area contributed by atoms with Gasteiger partial charge in [0, 0.05) is 18.0 Å². The number of allylic oxidation sites excluding steroid dienone is 2. The van der Waals surface area contributed by atoms with E-state index >= 15 is 0 Å². The van der Waals surface area contributed by atoms with Crippen LogP contribution in [0.5, 0.6) is 0 Å². The van der Waals surface area contributed by atoms with Gasteiger partial charge in [0.05, 0.1) is 7.11 Å². The van der Waals surface area contributed by atoms with Gasteiger partial charge in [-0.2, -0.15) is 0 Å². The number of amides is 3. The molecule has 0 spiro atoms. The van der Waals surface area contributed by atoms with Gasteiger partial charge in [0.15, 0.2) is 0 Å². The molecule has 2 saturated carbocycles. The Morgan fingerprint density at radius 1 is 1.00 bits per heavy atom. The van der Waals surface area contributed by atoms with Gasteiger partial charge in [-0.05, 0) is 55.2 Å². The Hall–Kier alpha value is -3.42. The van der Waals surface area contributed by atoms with Gasteiger partial charge in [0.2, 0.25) is 17.6 Å². The van der Waals surface area contributed by atoms with Gasteiger partial charge in [-0.25, -0.2) is 0 Å². The summed E-state index contributed by atoms with van der Waals surface area (Å²) in [5.74, 6) is -1.15. The average molecular weight is 494 g/mol. The number of rotatable bonds is 12. The molecular weight excluding hydrogens is 458 g/mol. The summed E-state index contributed by atoms with van der Waals surface area (Å²) < 4.78 is 5.29. The van der Waals surface area contributed by atoms with Crippen LogP contribution in [0.2, 0.25) is 0 Å². The highest BCUT2D eigenvalue weighted by molar-refractivity contribution is 6.38. The van der Waals surface area contributed by atoms with Crippen LogP contribution in [0.25, 0.3) is 0 Å². The molecular formula is C28H35N3O5. The fourth-order valence-electron chi connectivity index (χ4n) is 4.34. The second kappa shape index (κ2) is 11.5. The number of carbonyl (C=O) groups excluding carboxylic acids is 4. The van der Waals surface area contributed by atoms with E-state index in [2.05, 4.69) is 16.0 Å².